The van der Waals surface area contributed by atoms with Gasteiger partial charge in [0.05, 0.1) is 7.11 Å². The zero-order valence-electron chi connectivity index (χ0n) is 11.9. The maximum atomic E-state index is 12.6. The molecule has 1 atom stereocenters. The summed E-state index contributed by atoms with van der Waals surface area (Å²) in [5, 5.41) is 0. The lowest BCUT2D eigenvalue weighted by molar-refractivity contribution is -0.142. The molecule has 1 unspecified atom stereocenters. The first-order chi connectivity index (χ1) is 10.6. The molecule has 0 aliphatic carbocycles. The summed E-state index contributed by atoms with van der Waals surface area (Å²) < 4.78 is 9.86. The predicted octanol–water partition coefficient (Wildman–Crippen LogP) is 2.79. The Balaban J connectivity index is 1.98. The SMILES string of the molecule is C#[SH]1c2ccccc2C(=O)c2cc(OCC(=O)OC)ccc21. The summed E-state index contributed by atoms with van der Waals surface area (Å²) in [6.07, 6.45) is 0. The van der Waals surface area contributed by atoms with E-state index >= 15 is 0 Å². The Morgan fingerprint density at radius 1 is 1.14 bits per heavy atom. The topological polar surface area (TPSA) is 52.6 Å². The molecule has 0 saturated heterocycles. The van der Waals surface area contributed by atoms with Gasteiger partial charge in [0.2, 0.25) is 0 Å². The van der Waals surface area contributed by atoms with Crippen molar-refractivity contribution < 1.29 is 19.1 Å². The van der Waals surface area contributed by atoms with Crippen LogP contribution in [0.1, 0.15) is 15.9 Å². The number of benzene rings is 2. The monoisotopic (exact) mass is 314 g/mol. The largest absolute Gasteiger partial charge is 0.482 e. The molecule has 112 valence electrons. The van der Waals surface area contributed by atoms with Gasteiger partial charge in [-0.2, -0.15) is 0 Å². The number of carbonyl (C=O) groups excluding carboxylic acids is 2. The van der Waals surface area contributed by atoms with Crippen LogP contribution in [0.25, 0.3) is 0 Å². The minimum Gasteiger partial charge on any atom is -0.482 e. The zero-order valence-corrected chi connectivity index (χ0v) is 12.8. The summed E-state index contributed by atoms with van der Waals surface area (Å²) in [6.45, 7) is -0.197. The number of methoxy groups -OCH3 is 1. The Morgan fingerprint density at radius 2 is 1.86 bits per heavy atom. The second-order valence-electron chi connectivity index (χ2n) is 4.76. The van der Waals surface area contributed by atoms with Crippen LogP contribution in [0.4, 0.5) is 0 Å². The zero-order chi connectivity index (χ0) is 15.7. The van der Waals surface area contributed by atoms with E-state index in [0.717, 1.165) is 9.79 Å². The lowest BCUT2D eigenvalue weighted by Gasteiger charge is -2.21. The van der Waals surface area contributed by atoms with Crippen molar-refractivity contribution in [2.75, 3.05) is 13.7 Å². The van der Waals surface area contributed by atoms with Crippen LogP contribution in [0.3, 0.4) is 0 Å². The van der Waals surface area contributed by atoms with E-state index in [0.29, 0.717) is 16.9 Å². The number of hydrogen-bond acceptors (Lipinski definition) is 4. The standard InChI is InChI=1S/C17H14O4S/c1-20-16(18)10-21-11-7-8-15-13(9-11)17(19)12-5-3-4-6-14(12)22(15)2/h2-9,22H,10H2,1H3. The van der Waals surface area contributed by atoms with Crippen molar-refractivity contribution in [1.82, 2.24) is 0 Å². The first-order valence-corrected chi connectivity index (χ1v) is 8.05. The molecule has 2 aromatic carbocycles. The fraction of sp³-hybridized carbons (Fsp3) is 0.118. The summed E-state index contributed by atoms with van der Waals surface area (Å²) >= 11 is 0. The number of fused-ring (bicyclic) bond motifs is 2. The molecule has 22 heavy (non-hydrogen) atoms. The van der Waals surface area contributed by atoms with E-state index in [1.807, 2.05) is 18.2 Å². The number of thiol groups is 1. The van der Waals surface area contributed by atoms with Gasteiger partial charge >= 0.3 is 5.97 Å². The van der Waals surface area contributed by atoms with Gasteiger partial charge in [-0.15, -0.1) is 16.0 Å². The highest BCUT2D eigenvalue weighted by molar-refractivity contribution is 8.07. The molecule has 0 aromatic heterocycles. The number of hydrogen-bond donors (Lipinski definition) is 1. The lowest BCUT2D eigenvalue weighted by atomic mass is 10.0. The van der Waals surface area contributed by atoms with Crippen molar-refractivity contribution >= 4 is 22.1 Å². The van der Waals surface area contributed by atoms with E-state index in [2.05, 4.69) is 4.74 Å². The third kappa shape index (κ3) is 2.41. The molecule has 0 spiro atoms. The molecule has 4 nitrogen and oxygen atoms in total. The van der Waals surface area contributed by atoms with Crippen LogP contribution in [0.15, 0.2) is 52.3 Å². The van der Waals surface area contributed by atoms with Crippen molar-refractivity contribution in [1.29, 1.82) is 0 Å². The molecular weight excluding hydrogens is 300 g/mol. The van der Waals surface area contributed by atoms with Crippen LogP contribution in [0.5, 0.6) is 5.75 Å². The highest BCUT2D eigenvalue weighted by atomic mass is 32.2. The Bertz CT molecular complexity index is 845. The van der Waals surface area contributed by atoms with E-state index in [1.54, 1.807) is 24.3 Å². The number of rotatable bonds is 3. The van der Waals surface area contributed by atoms with E-state index in [1.165, 1.54) is 7.11 Å². The van der Waals surface area contributed by atoms with Gasteiger partial charge < -0.3 is 9.47 Å². The van der Waals surface area contributed by atoms with Crippen molar-refractivity contribution in [3.05, 3.63) is 53.6 Å². The average molecular weight is 314 g/mol. The fourth-order valence-corrected chi connectivity index (χ4v) is 3.95. The van der Waals surface area contributed by atoms with Crippen molar-refractivity contribution in [3.8, 4) is 11.4 Å². The van der Waals surface area contributed by atoms with E-state index in [4.69, 9.17) is 10.4 Å². The average Bonchev–Trinajstić information content (AvgIpc) is 2.57. The van der Waals surface area contributed by atoms with Gasteiger partial charge in [-0.05, 0) is 30.3 Å². The van der Waals surface area contributed by atoms with Crippen LogP contribution < -0.4 is 4.74 Å². The Labute approximate surface area is 130 Å². The minimum absolute atomic E-state index is 0.0710. The summed E-state index contributed by atoms with van der Waals surface area (Å²) in [5.41, 5.74) is 7.48. The molecule has 1 heterocycles. The van der Waals surface area contributed by atoms with Crippen LogP contribution in [0.2, 0.25) is 0 Å². The van der Waals surface area contributed by atoms with Gasteiger partial charge in [0.15, 0.2) is 12.4 Å². The van der Waals surface area contributed by atoms with E-state index < -0.39 is 16.3 Å². The molecular formula is C17H14O4S. The molecule has 1 aliphatic heterocycles. The molecule has 0 fully saturated rings. The van der Waals surface area contributed by atoms with Crippen molar-refractivity contribution in [2.45, 2.75) is 9.79 Å². The van der Waals surface area contributed by atoms with Crippen LogP contribution >= 0.6 is 10.3 Å². The maximum absolute atomic E-state index is 12.6. The quantitative estimate of drug-likeness (QED) is 0.596. The van der Waals surface area contributed by atoms with Gasteiger partial charge in [0.25, 0.3) is 0 Å². The second kappa shape index (κ2) is 5.72. The minimum atomic E-state index is -1.06. The Hall–Kier alpha value is -2.49. The number of ether oxygens (including phenoxy) is 2. The Morgan fingerprint density at radius 3 is 2.64 bits per heavy atom. The Kier molecular flexibility index (Phi) is 3.75. The molecule has 0 amide bonds. The first-order valence-electron chi connectivity index (χ1n) is 6.64. The molecule has 0 bridgehead atoms. The summed E-state index contributed by atoms with van der Waals surface area (Å²) in [5.74, 6) is -0.103. The highest BCUT2D eigenvalue weighted by Crippen LogP contribution is 2.43. The van der Waals surface area contributed by atoms with E-state index in [-0.39, 0.29) is 12.4 Å². The van der Waals surface area contributed by atoms with Crippen LogP contribution in [-0.2, 0) is 9.53 Å². The molecule has 0 N–H and O–H groups in total. The first kappa shape index (κ1) is 14.4. The third-order valence-corrected chi connectivity index (χ3v) is 5.28. The van der Waals surface area contributed by atoms with Crippen molar-refractivity contribution in [3.63, 3.8) is 0 Å². The summed E-state index contributed by atoms with van der Waals surface area (Å²) in [4.78, 5) is 25.4. The molecule has 1 aliphatic rings. The molecule has 5 heteroatoms. The van der Waals surface area contributed by atoms with Gasteiger partial charge in [-0.25, -0.2) is 4.79 Å². The van der Waals surface area contributed by atoms with Crippen LogP contribution in [0, 0.1) is 5.69 Å². The van der Waals surface area contributed by atoms with Gasteiger partial charge in [0.1, 0.15) is 5.75 Å². The third-order valence-electron chi connectivity index (χ3n) is 3.46. The second-order valence-corrected chi connectivity index (χ2v) is 6.46. The normalized spacial score (nSPS) is 15.6. The number of ketones is 1. The molecule has 0 saturated carbocycles. The van der Waals surface area contributed by atoms with E-state index in [9.17, 15) is 9.59 Å². The number of esters is 1. The van der Waals surface area contributed by atoms with Gasteiger partial charge in [0, 0.05) is 20.9 Å². The van der Waals surface area contributed by atoms with Gasteiger partial charge in [-0.1, -0.05) is 12.1 Å². The maximum Gasteiger partial charge on any atom is 0.343 e. The lowest BCUT2D eigenvalue weighted by Crippen LogP contribution is -2.14. The molecule has 0 radical (unpaired) electrons. The highest BCUT2D eigenvalue weighted by Gasteiger charge is 2.24. The fourth-order valence-electron chi connectivity index (χ4n) is 2.35. The molecule has 3 rings (SSSR count). The van der Waals surface area contributed by atoms with Crippen LogP contribution in [-0.4, -0.2) is 25.5 Å². The number of carbonyl (C=O) groups is 2. The smallest absolute Gasteiger partial charge is 0.343 e. The van der Waals surface area contributed by atoms with Gasteiger partial charge in [-0.3, -0.25) is 4.79 Å². The van der Waals surface area contributed by atoms with Crippen molar-refractivity contribution in [2.24, 2.45) is 0 Å². The summed E-state index contributed by atoms with van der Waals surface area (Å²) in [6, 6.07) is 12.5. The molecule has 2 aromatic rings. The summed E-state index contributed by atoms with van der Waals surface area (Å²) in [7, 11) is 0.237. The predicted molar refractivity (Wildman–Crippen MR) is 84.3 cm³/mol.